The second-order valence-corrected chi connectivity index (χ2v) is 3.72. The Hall–Kier alpha value is -1.49. The number of nitrogens with one attached hydrogen (secondary N) is 2. The van der Waals surface area contributed by atoms with E-state index < -0.39 is 0 Å². The largest absolute Gasteiger partial charge is 0.316 e. The van der Waals surface area contributed by atoms with Crippen molar-refractivity contribution in [2.75, 3.05) is 18.4 Å². The van der Waals surface area contributed by atoms with Crippen molar-refractivity contribution in [1.82, 2.24) is 15.5 Å². The van der Waals surface area contributed by atoms with Gasteiger partial charge in [0.2, 0.25) is 5.91 Å². The van der Waals surface area contributed by atoms with Crippen LogP contribution in [-0.2, 0) is 4.79 Å². The molecule has 2 N–H and O–H groups in total. The van der Waals surface area contributed by atoms with Crippen LogP contribution in [0.1, 0.15) is 12.8 Å². The van der Waals surface area contributed by atoms with Gasteiger partial charge in [0.15, 0.2) is 5.82 Å². The van der Waals surface area contributed by atoms with Crippen molar-refractivity contribution < 1.29 is 4.79 Å². The first-order valence-corrected chi connectivity index (χ1v) is 5.13. The minimum atomic E-state index is 0.0178. The number of carbonyl (C=O) groups is 1. The van der Waals surface area contributed by atoms with Gasteiger partial charge in [0, 0.05) is 12.6 Å². The third kappa shape index (κ3) is 2.99. The van der Waals surface area contributed by atoms with E-state index in [4.69, 9.17) is 0 Å². The summed E-state index contributed by atoms with van der Waals surface area (Å²) < 4.78 is 0. The lowest BCUT2D eigenvalue weighted by atomic mass is 10.0. The molecule has 2 rings (SSSR count). The zero-order valence-corrected chi connectivity index (χ0v) is 8.44. The van der Waals surface area contributed by atoms with Gasteiger partial charge < -0.3 is 10.6 Å². The van der Waals surface area contributed by atoms with E-state index >= 15 is 0 Å². The standard InChI is InChI=1S/C10H14N4O/c15-10(6-8-3-5-11-7-8)13-9-2-1-4-12-14-9/h1-2,4,8,11H,3,5-7H2,(H,13,14,15). The summed E-state index contributed by atoms with van der Waals surface area (Å²) in [4.78, 5) is 11.6. The van der Waals surface area contributed by atoms with Gasteiger partial charge in [0.25, 0.3) is 0 Å². The zero-order chi connectivity index (χ0) is 10.5. The number of rotatable bonds is 3. The SMILES string of the molecule is O=C(CC1CCNC1)Nc1cccnn1. The van der Waals surface area contributed by atoms with E-state index in [1.54, 1.807) is 18.3 Å². The molecule has 0 saturated carbocycles. The van der Waals surface area contributed by atoms with Gasteiger partial charge in [-0.05, 0) is 37.6 Å². The Morgan fingerprint density at radius 1 is 1.67 bits per heavy atom. The normalized spacial score (nSPS) is 20.1. The van der Waals surface area contributed by atoms with Crippen LogP contribution in [-0.4, -0.2) is 29.2 Å². The lowest BCUT2D eigenvalue weighted by molar-refractivity contribution is -0.117. The smallest absolute Gasteiger partial charge is 0.225 e. The number of aromatic nitrogens is 2. The molecule has 1 unspecified atom stereocenters. The lowest BCUT2D eigenvalue weighted by Gasteiger charge is -2.07. The van der Waals surface area contributed by atoms with Gasteiger partial charge in [0.05, 0.1) is 0 Å². The van der Waals surface area contributed by atoms with Crippen LogP contribution in [0.2, 0.25) is 0 Å². The molecule has 0 aliphatic carbocycles. The van der Waals surface area contributed by atoms with Crippen LogP contribution in [0, 0.1) is 5.92 Å². The summed E-state index contributed by atoms with van der Waals surface area (Å²) in [5.74, 6) is 0.999. The quantitative estimate of drug-likeness (QED) is 0.752. The molecule has 1 aromatic heterocycles. The van der Waals surface area contributed by atoms with Crippen molar-refractivity contribution >= 4 is 11.7 Å². The number of hydrogen-bond donors (Lipinski definition) is 2. The average Bonchev–Trinajstić information content (AvgIpc) is 2.71. The molecule has 0 radical (unpaired) electrons. The second kappa shape index (κ2) is 4.84. The summed E-state index contributed by atoms with van der Waals surface area (Å²) in [7, 11) is 0. The molecule has 80 valence electrons. The third-order valence-corrected chi connectivity index (χ3v) is 2.48. The first-order chi connectivity index (χ1) is 7.34. The van der Waals surface area contributed by atoms with E-state index in [9.17, 15) is 4.79 Å². The summed E-state index contributed by atoms with van der Waals surface area (Å²) in [6.45, 7) is 1.96. The maximum atomic E-state index is 11.6. The molecule has 1 aliphatic heterocycles. The van der Waals surface area contributed by atoms with Crippen molar-refractivity contribution in [3.05, 3.63) is 18.3 Å². The van der Waals surface area contributed by atoms with Crippen molar-refractivity contribution in [3.8, 4) is 0 Å². The predicted octanol–water partition coefficient (Wildman–Crippen LogP) is 0.415. The first kappa shape index (κ1) is 10.0. The second-order valence-electron chi connectivity index (χ2n) is 3.72. The van der Waals surface area contributed by atoms with Crippen LogP contribution in [0.25, 0.3) is 0 Å². The maximum Gasteiger partial charge on any atom is 0.225 e. The van der Waals surface area contributed by atoms with Gasteiger partial charge in [-0.15, -0.1) is 5.10 Å². The Morgan fingerprint density at radius 3 is 3.27 bits per heavy atom. The highest BCUT2D eigenvalue weighted by molar-refractivity contribution is 5.89. The molecule has 1 aliphatic rings. The molecule has 1 saturated heterocycles. The van der Waals surface area contributed by atoms with Crippen molar-refractivity contribution in [1.29, 1.82) is 0 Å². The van der Waals surface area contributed by atoms with E-state index in [0.29, 0.717) is 18.2 Å². The van der Waals surface area contributed by atoms with E-state index in [2.05, 4.69) is 20.8 Å². The molecule has 0 spiro atoms. The highest BCUT2D eigenvalue weighted by Crippen LogP contribution is 2.12. The molecule has 1 aromatic rings. The molecule has 15 heavy (non-hydrogen) atoms. The first-order valence-electron chi connectivity index (χ1n) is 5.13. The summed E-state index contributed by atoms with van der Waals surface area (Å²) in [5.41, 5.74) is 0. The number of anilines is 1. The number of nitrogens with zero attached hydrogens (tertiary/aromatic N) is 2. The third-order valence-electron chi connectivity index (χ3n) is 2.48. The molecule has 5 heteroatoms. The Morgan fingerprint density at radius 2 is 2.60 bits per heavy atom. The van der Waals surface area contributed by atoms with Crippen LogP contribution in [0.15, 0.2) is 18.3 Å². The Bertz CT molecular complexity index is 321. The molecule has 2 heterocycles. The Kier molecular flexibility index (Phi) is 3.24. The number of carbonyl (C=O) groups excluding carboxylic acids is 1. The summed E-state index contributed by atoms with van der Waals surface area (Å²) >= 11 is 0. The molecule has 5 nitrogen and oxygen atoms in total. The van der Waals surface area contributed by atoms with Gasteiger partial charge in [-0.1, -0.05) is 0 Å². The minimum Gasteiger partial charge on any atom is -0.316 e. The maximum absolute atomic E-state index is 11.6. The predicted molar refractivity (Wildman–Crippen MR) is 56.3 cm³/mol. The van der Waals surface area contributed by atoms with Gasteiger partial charge in [-0.3, -0.25) is 4.79 Å². The van der Waals surface area contributed by atoms with Crippen LogP contribution < -0.4 is 10.6 Å². The molecular weight excluding hydrogens is 192 g/mol. The summed E-state index contributed by atoms with van der Waals surface area (Å²) in [6, 6.07) is 3.48. The highest BCUT2D eigenvalue weighted by atomic mass is 16.1. The van der Waals surface area contributed by atoms with E-state index in [0.717, 1.165) is 19.5 Å². The summed E-state index contributed by atoms with van der Waals surface area (Å²) in [6.07, 6.45) is 3.22. The fourth-order valence-corrected chi connectivity index (χ4v) is 1.71. The Labute approximate surface area is 88.3 Å². The number of amides is 1. The van der Waals surface area contributed by atoms with Crippen molar-refractivity contribution in [2.45, 2.75) is 12.8 Å². The Balaban J connectivity index is 1.82. The minimum absolute atomic E-state index is 0.0178. The zero-order valence-electron chi connectivity index (χ0n) is 8.44. The van der Waals surface area contributed by atoms with E-state index in [1.807, 2.05) is 0 Å². The fraction of sp³-hybridized carbons (Fsp3) is 0.500. The highest BCUT2D eigenvalue weighted by Gasteiger charge is 2.18. The molecule has 0 aromatic carbocycles. The topological polar surface area (TPSA) is 66.9 Å². The van der Waals surface area contributed by atoms with Crippen LogP contribution >= 0.6 is 0 Å². The lowest BCUT2D eigenvalue weighted by Crippen LogP contribution is -2.18. The molecule has 1 amide bonds. The monoisotopic (exact) mass is 206 g/mol. The van der Waals surface area contributed by atoms with E-state index in [-0.39, 0.29) is 5.91 Å². The average molecular weight is 206 g/mol. The van der Waals surface area contributed by atoms with Crippen LogP contribution in [0.5, 0.6) is 0 Å². The van der Waals surface area contributed by atoms with E-state index in [1.165, 1.54) is 0 Å². The van der Waals surface area contributed by atoms with Gasteiger partial charge >= 0.3 is 0 Å². The summed E-state index contributed by atoms with van der Waals surface area (Å²) in [5, 5.41) is 13.5. The molecule has 1 atom stereocenters. The fourth-order valence-electron chi connectivity index (χ4n) is 1.71. The van der Waals surface area contributed by atoms with Gasteiger partial charge in [-0.25, -0.2) is 0 Å². The van der Waals surface area contributed by atoms with Crippen molar-refractivity contribution in [3.63, 3.8) is 0 Å². The molecule has 0 bridgehead atoms. The van der Waals surface area contributed by atoms with Crippen LogP contribution in [0.4, 0.5) is 5.82 Å². The van der Waals surface area contributed by atoms with Crippen LogP contribution in [0.3, 0.4) is 0 Å². The molecule has 1 fully saturated rings. The van der Waals surface area contributed by atoms with Gasteiger partial charge in [0.1, 0.15) is 0 Å². The molecular formula is C10H14N4O. The number of hydrogen-bond acceptors (Lipinski definition) is 4. The van der Waals surface area contributed by atoms with Gasteiger partial charge in [-0.2, -0.15) is 5.10 Å². The van der Waals surface area contributed by atoms with Crippen molar-refractivity contribution in [2.24, 2.45) is 5.92 Å².